The molecule has 1 aliphatic carbocycles. The van der Waals surface area contributed by atoms with Crippen molar-refractivity contribution < 1.29 is 4.74 Å². The highest BCUT2D eigenvalue weighted by atomic mass is 35.5. The summed E-state index contributed by atoms with van der Waals surface area (Å²) < 4.78 is 6.73. The highest BCUT2D eigenvalue weighted by Crippen LogP contribution is 2.40. The third-order valence-corrected chi connectivity index (χ3v) is 8.34. The molecule has 24 heavy (non-hydrogen) atoms. The molecule has 1 heterocycles. The van der Waals surface area contributed by atoms with Crippen LogP contribution in [-0.4, -0.2) is 20.3 Å². The van der Waals surface area contributed by atoms with Crippen LogP contribution in [0.2, 0.25) is 19.6 Å². The Morgan fingerprint density at radius 3 is 2.33 bits per heavy atom. The summed E-state index contributed by atoms with van der Waals surface area (Å²) in [6.45, 7) is 7.19. The minimum atomic E-state index is -1.49. The lowest BCUT2D eigenvalue weighted by molar-refractivity contribution is -0.0402. The average molecular weight is 363 g/mol. The number of hydrogen-bond acceptors (Lipinski definition) is 1. The van der Waals surface area contributed by atoms with Crippen LogP contribution in [0.1, 0.15) is 44.1 Å². The molecule has 3 heteroatoms. The summed E-state index contributed by atoms with van der Waals surface area (Å²) in [7, 11) is -1.49. The second-order valence-corrected chi connectivity index (χ2v) is 14.0. The van der Waals surface area contributed by atoms with Gasteiger partial charge in [0.2, 0.25) is 0 Å². The van der Waals surface area contributed by atoms with Gasteiger partial charge in [0.15, 0.2) is 0 Å². The van der Waals surface area contributed by atoms with Gasteiger partial charge >= 0.3 is 0 Å². The Kier molecular flexibility index (Phi) is 5.89. The van der Waals surface area contributed by atoms with E-state index in [1.807, 2.05) is 0 Å². The first kappa shape index (κ1) is 18.2. The van der Waals surface area contributed by atoms with E-state index in [2.05, 4.69) is 50.0 Å². The summed E-state index contributed by atoms with van der Waals surface area (Å²) in [6.07, 6.45) is 9.13. The molecule has 2 aliphatic rings. The molecule has 1 aromatic carbocycles. The van der Waals surface area contributed by atoms with Gasteiger partial charge in [-0.1, -0.05) is 80.8 Å². The van der Waals surface area contributed by atoms with Crippen LogP contribution in [0.5, 0.6) is 0 Å². The van der Waals surface area contributed by atoms with Gasteiger partial charge in [-0.2, -0.15) is 0 Å². The zero-order chi connectivity index (χ0) is 17.2. The van der Waals surface area contributed by atoms with Crippen molar-refractivity contribution in [3.63, 3.8) is 0 Å². The van der Waals surface area contributed by atoms with E-state index >= 15 is 0 Å². The van der Waals surface area contributed by atoms with Crippen LogP contribution >= 0.6 is 11.6 Å². The van der Waals surface area contributed by atoms with E-state index in [0.717, 1.165) is 17.9 Å². The lowest BCUT2D eigenvalue weighted by Gasteiger charge is -2.41. The Labute approximate surface area is 153 Å². The molecule has 0 amide bonds. The number of hydrogen-bond donors (Lipinski definition) is 0. The van der Waals surface area contributed by atoms with Gasteiger partial charge in [0.25, 0.3) is 0 Å². The Bertz CT molecular complexity index is 569. The molecule has 2 atom stereocenters. The fraction of sp³-hybridized carbons (Fsp3) is 0.619. The predicted octanol–water partition coefficient (Wildman–Crippen LogP) is 6.34. The molecule has 3 rings (SSSR count). The lowest BCUT2D eigenvalue weighted by Crippen LogP contribution is -2.43. The Balaban J connectivity index is 1.84. The maximum Gasteiger partial charge on any atom is 0.0808 e. The first-order valence-electron chi connectivity index (χ1n) is 9.53. The smallest absolute Gasteiger partial charge is 0.0808 e. The molecule has 132 valence electrons. The maximum atomic E-state index is 6.88. The topological polar surface area (TPSA) is 9.23 Å². The zero-order valence-electron chi connectivity index (χ0n) is 15.4. The number of rotatable bonds is 4. The maximum absolute atomic E-state index is 6.88. The Morgan fingerprint density at radius 1 is 1.04 bits per heavy atom. The van der Waals surface area contributed by atoms with Crippen LogP contribution in [0.25, 0.3) is 0 Å². The molecule has 0 radical (unpaired) electrons. The highest BCUT2D eigenvalue weighted by molar-refractivity contribution is 6.84. The van der Waals surface area contributed by atoms with Gasteiger partial charge in [0.1, 0.15) is 0 Å². The van der Waals surface area contributed by atoms with Gasteiger partial charge in [-0.05, 0) is 29.5 Å². The van der Waals surface area contributed by atoms with Crippen LogP contribution in [0.3, 0.4) is 0 Å². The summed E-state index contributed by atoms with van der Waals surface area (Å²) in [5.41, 5.74) is 1.35. The quantitative estimate of drug-likeness (QED) is 0.568. The van der Waals surface area contributed by atoms with Crippen molar-refractivity contribution >= 4 is 19.7 Å². The van der Waals surface area contributed by atoms with Crippen molar-refractivity contribution in [2.24, 2.45) is 5.92 Å². The summed E-state index contributed by atoms with van der Waals surface area (Å²) in [4.78, 5) is 0. The molecular weight excluding hydrogens is 332 g/mol. The number of halogens is 1. The van der Waals surface area contributed by atoms with Crippen molar-refractivity contribution in [3.05, 3.63) is 46.1 Å². The van der Waals surface area contributed by atoms with Crippen molar-refractivity contribution in [2.75, 3.05) is 0 Å². The van der Waals surface area contributed by atoms with E-state index in [-0.39, 0.29) is 6.10 Å². The van der Waals surface area contributed by atoms with E-state index in [4.69, 9.17) is 16.3 Å². The lowest BCUT2D eigenvalue weighted by atomic mass is 9.83. The standard InChI is InChI=1S/C21H31ClOSi/c1-24(2,3)21-18(22)15-19(17-12-8-5-9-13-17)23-20(21)14-16-10-6-4-7-11-16/h4,6-7,10-11,17,19-20H,5,8-9,12-15H2,1-3H3/t19-,20-/m0/s1. The van der Waals surface area contributed by atoms with Gasteiger partial charge in [-0.3, -0.25) is 0 Å². The van der Waals surface area contributed by atoms with Gasteiger partial charge < -0.3 is 4.74 Å². The summed E-state index contributed by atoms with van der Waals surface area (Å²) in [6, 6.07) is 10.7. The summed E-state index contributed by atoms with van der Waals surface area (Å²) in [5.74, 6) is 0.703. The SMILES string of the molecule is C[Si](C)(C)C1=C(Cl)C[C@@H](C2CCCCC2)O[C@H]1Cc1ccccc1. The summed E-state index contributed by atoms with van der Waals surface area (Å²) in [5, 5.41) is 2.57. The molecular formula is C21H31ClOSi. The number of benzene rings is 1. The highest BCUT2D eigenvalue weighted by Gasteiger charge is 2.38. The Morgan fingerprint density at radius 2 is 1.71 bits per heavy atom. The third-order valence-electron chi connectivity index (χ3n) is 5.58. The molecule has 1 nitrogen and oxygen atoms in total. The van der Waals surface area contributed by atoms with E-state index in [1.165, 1.54) is 42.9 Å². The van der Waals surface area contributed by atoms with Crippen LogP contribution in [0, 0.1) is 5.92 Å². The van der Waals surface area contributed by atoms with Crippen molar-refractivity contribution in [3.8, 4) is 0 Å². The van der Waals surface area contributed by atoms with Crippen LogP contribution in [0.15, 0.2) is 40.6 Å². The van der Waals surface area contributed by atoms with Gasteiger partial charge in [-0.15, -0.1) is 0 Å². The first-order valence-corrected chi connectivity index (χ1v) is 13.4. The Hall–Kier alpha value is -0.573. The zero-order valence-corrected chi connectivity index (χ0v) is 17.1. The van der Waals surface area contributed by atoms with Crippen LogP contribution < -0.4 is 0 Å². The molecule has 0 N–H and O–H groups in total. The fourth-order valence-corrected chi connectivity index (χ4v) is 7.62. The van der Waals surface area contributed by atoms with Crippen molar-refractivity contribution in [2.45, 2.75) is 76.8 Å². The number of ether oxygens (including phenoxy) is 1. The molecule has 0 spiro atoms. The third kappa shape index (κ3) is 4.33. The molecule has 0 saturated heterocycles. The van der Waals surface area contributed by atoms with E-state index in [0.29, 0.717) is 12.0 Å². The van der Waals surface area contributed by atoms with Crippen LogP contribution in [0.4, 0.5) is 0 Å². The largest absolute Gasteiger partial charge is 0.370 e. The van der Waals surface area contributed by atoms with Gasteiger partial charge in [0.05, 0.1) is 20.3 Å². The molecule has 0 bridgehead atoms. The van der Waals surface area contributed by atoms with E-state index < -0.39 is 8.07 Å². The second-order valence-electron chi connectivity index (χ2n) is 8.52. The molecule has 1 aliphatic heterocycles. The monoisotopic (exact) mass is 362 g/mol. The second kappa shape index (κ2) is 7.76. The normalized spacial score (nSPS) is 26.7. The minimum Gasteiger partial charge on any atom is -0.370 e. The average Bonchev–Trinajstić information content (AvgIpc) is 2.55. The fourth-order valence-electron chi connectivity index (χ4n) is 4.44. The molecule has 0 unspecified atom stereocenters. The van der Waals surface area contributed by atoms with Gasteiger partial charge in [0, 0.05) is 17.9 Å². The summed E-state index contributed by atoms with van der Waals surface area (Å²) >= 11 is 6.88. The van der Waals surface area contributed by atoms with E-state index in [9.17, 15) is 0 Å². The minimum absolute atomic E-state index is 0.173. The molecule has 0 aromatic heterocycles. The van der Waals surface area contributed by atoms with Gasteiger partial charge in [-0.25, -0.2) is 0 Å². The molecule has 1 fully saturated rings. The van der Waals surface area contributed by atoms with Crippen molar-refractivity contribution in [1.82, 2.24) is 0 Å². The van der Waals surface area contributed by atoms with E-state index in [1.54, 1.807) is 0 Å². The predicted molar refractivity (Wildman–Crippen MR) is 106 cm³/mol. The molecule has 1 saturated carbocycles. The molecule has 1 aromatic rings. The van der Waals surface area contributed by atoms with Crippen LogP contribution in [-0.2, 0) is 11.2 Å². The first-order chi connectivity index (χ1) is 11.4. The van der Waals surface area contributed by atoms with Crippen molar-refractivity contribution in [1.29, 1.82) is 0 Å².